The Labute approximate surface area is 98.3 Å². The van der Waals surface area contributed by atoms with Gasteiger partial charge in [-0.2, -0.15) is 0 Å². The highest BCUT2D eigenvalue weighted by Crippen LogP contribution is 2.27. The highest BCUT2D eigenvalue weighted by Gasteiger charge is 2.22. The molecule has 1 aliphatic carbocycles. The number of aromatic nitrogens is 2. The Morgan fingerprint density at radius 1 is 1.50 bits per heavy atom. The standard InChI is InChI=1S/C13H23N3/c1-10(2)9-16-7-6-14-13(16)15-12-5-4-11(3)8-12/h6-7,10-12H,4-5,8-9H2,1-3H3,(H,14,15). The molecule has 0 aliphatic heterocycles. The quantitative estimate of drug-likeness (QED) is 0.846. The van der Waals surface area contributed by atoms with Crippen molar-refractivity contribution in [2.45, 2.75) is 52.6 Å². The van der Waals surface area contributed by atoms with E-state index in [1.54, 1.807) is 0 Å². The van der Waals surface area contributed by atoms with E-state index in [9.17, 15) is 0 Å². The Hall–Kier alpha value is -0.990. The minimum Gasteiger partial charge on any atom is -0.353 e. The van der Waals surface area contributed by atoms with Gasteiger partial charge in [-0.3, -0.25) is 0 Å². The van der Waals surface area contributed by atoms with Crippen LogP contribution in [0.1, 0.15) is 40.0 Å². The molecule has 0 amide bonds. The molecule has 1 aromatic heterocycles. The summed E-state index contributed by atoms with van der Waals surface area (Å²) >= 11 is 0. The summed E-state index contributed by atoms with van der Waals surface area (Å²) in [7, 11) is 0. The summed E-state index contributed by atoms with van der Waals surface area (Å²) in [6, 6.07) is 0.628. The van der Waals surface area contributed by atoms with Crippen LogP contribution in [0.25, 0.3) is 0 Å². The molecule has 2 atom stereocenters. The van der Waals surface area contributed by atoms with Gasteiger partial charge >= 0.3 is 0 Å². The summed E-state index contributed by atoms with van der Waals surface area (Å²) in [4.78, 5) is 4.41. The van der Waals surface area contributed by atoms with Gasteiger partial charge in [0.25, 0.3) is 0 Å². The first kappa shape index (κ1) is 11.5. The maximum Gasteiger partial charge on any atom is 0.202 e. The molecule has 1 aliphatic rings. The first-order valence-electron chi connectivity index (χ1n) is 6.43. The molecule has 3 heteroatoms. The molecule has 1 saturated carbocycles. The monoisotopic (exact) mass is 221 g/mol. The molecular formula is C13H23N3. The molecule has 16 heavy (non-hydrogen) atoms. The topological polar surface area (TPSA) is 29.9 Å². The van der Waals surface area contributed by atoms with E-state index in [2.05, 4.69) is 41.8 Å². The zero-order valence-corrected chi connectivity index (χ0v) is 10.6. The van der Waals surface area contributed by atoms with Crippen LogP contribution in [0.5, 0.6) is 0 Å². The van der Waals surface area contributed by atoms with E-state index in [4.69, 9.17) is 0 Å². The highest BCUT2D eigenvalue weighted by molar-refractivity contribution is 5.28. The van der Waals surface area contributed by atoms with Crippen molar-refractivity contribution in [1.82, 2.24) is 9.55 Å². The molecule has 1 fully saturated rings. The van der Waals surface area contributed by atoms with Crippen LogP contribution in [0.3, 0.4) is 0 Å². The van der Waals surface area contributed by atoms with E-state index in [-0.39, 0.29) is 0 Å². The third kappa shape index (κ3) is 2.77. The fourth-order valence-electron chi connectivity index (χ4n) is 2.51. The Morgan fingerprint density at radius 2 is 2.31 bits per heavy atom. The van der Waals surface area contributed by atoms with Crippen LogP contribution in [-0.2, 0) is 6.54 Å². The van der Waals surface area contributed by atoms with Crippen LogP contribution < -0.4 is 5.32 Å². The Balaban J connectivity index is 1.96. The number of nitrogens with one attached hydrogen (secondary N) is 1. The van der Waals surface area contributed by atoms with Gasteiger partial charge < -0.3 is 9.88 Å². The lowest BCUT2D eigenvalue weighted by Gasteiger charge is -2.16. The summed E-state index contributed by atoms with van der Waals surface area (Å²) in [5.41, 5.74) is 0. The lowest BCUT2D eigenvalue weighted by Crippen LogP contribution is -2.19. The van der Waals surface area contributed by atoms with Gasteiger partial charge in [0.2, 0.25) is 5.95 Å². The van der Waals surface area contributed by atoms with Crippen molar-refractivity contribution in [3.63, 3.8) is 0 Å². The van der Waals surface area contributed by atoms with E-state index in [0.29, 0.717) is 12.0 Å². The molecular weight excluding hydrogens is 198 g/mol. The van der Waals surface area contributed by atoms with Crippen molar-refractivity contribution in [3.8, 4) is 0 Å². The van der Waals surface area contributed by atoms with Crippen LogP contribution in [0.2, 0.25) is 0 Å². The maximum absolute atomic E-state index is 4.41. The van der Waals surface area contributed by atoms with Gasteiger partial charge in [-0.15, -0.1) is 0 Å². The molecule has 1 aromatic rings. The van der Waals surface area contributed by atoms with Gasteiger partial charge in [0.05, 0.1) is 0 Å². The summed E-state index contributed by atoms with van der Waals surface area (Å²) in [6.45, 7) is 7.86. The predicted molar refractivity (Wildman–Crippen MR) is 67.5 cm³/mol. The van der Waals surface area contributed by atoms with E-state index in [0.717, 1.165) is 18.4 Å². The van der Waals surface area contributed by atoms with Crippen LogP contribution in [0.4, 0.5) is 5.95 Å². The molecule has 2 rings (SSSR count). The van der Waals surface area contributed by atoms with Crippen LogP contribution in [-0.4, -0.2) is 15.6 Å². The van der Waals surface area contributed by atoms with E-state index >= 15 is 0 Å². The fraction of sp³-hybridized carbons (Fsp3) is 0.769. The van der Waals surface area contributed by atoms with Gasteiger partial charge in [-0.05, 0) is 31.1 Å². The van der Waals surface area contributed by atoms with Crippen molar-refractivity contribution >= 4 is 5.95 Å². The zero-order valence-electron chi connectivity index (χ0n) is 10.6. The molecule has 0 aromatic carbocycles. The van der Waals surface area contributed by atoms with Crippen molar-refractivity contribution in [1.29, 1.82) is 0 Å². The summed E-state index contributed by atoms with van der Waals surface area (Å²) in [5, 5.41) is 3.58. The van der Waals surface area contributed by atoms with Crippen LogP contribution >= 0.6 is 0 Å². The minimum absolute atomic E-state index is 0.628. The van der Waals surface area contributed by atoms with Crippen molar-refractivity contribution in [2.75, 3.05) is 5.32 Å². The lowest BCUT2D eigenvalue weighted by atomic mass is 10.1. The average Bonchev–Trinajstić information content (AvgIpc) is 2.77. The van der Waals surface area contributed by atoms with Crippen molar-refractivity contribution in [3.05, 3.63) is 12.4 Å². The summed E-state index contributed by atoms with van der Waals surface area (Å²) < 4.78 is 2.23. The molecule has 0 radical (unpaired) electrons. The molecule has 0 bridgehead atoms. The van der Waals surface area contributed by atoms with Crippen LogP contribution in [0, 0.1) is 11.8 Å². The first-order chi connectivity index (χ1) is 7.65. The second-order valence-corrected chi connectivity index (χ2v) is 5.56. The fourth-order valence-corrected chi connectivity index (χ4v) is 2.51. The minimum atomic E-state index is 0.628. The normalized spacial score (nSPS) is 25.2. The number of nitrogens with zero attached hydrogens (tertiary/aromatic N) is 2. The maximum atomic E-state index is 4.41. The largest absolute Gasteiger partial charge is 0.353 e. The van der Waals surface area contributed by atoms with Gasteiger partial charge in [0.15, 0.2) is 0 Å². The first-order valence-corrected chi connectivity index (χ1v) is 6.43. The lowest BCUT2D eigenvalue weighted by molar-refractivity contribution is 0.522. The molecule has 0 saturated heterocycles. The van der Waals surface area contributed by atoms with Crippen molar-refractivity contribution < 1.29 is 0 Å². The Kier molecular flexibility index (Phi) is 3.52. The van der Waals surface area contributed by atoms with Crippen molar-refractivity contribution in [2.24, 2.45) is 11.8 Å². The van der Waals surface area contributed by atoms with E-state index < -0.39 is 0 Å². The van der Waals surface area contributed by atoms with Gasteiger partial charge in [-0.25, -0.2) is 4.98 Å². The zero-order chi connectivity index (χ0) is 11.5. The van der Waals surface area contributed by atoms with Gasteiger partial charge in [0, 0.05) is 25.0 Å². The third-order valence-electron chi connectivity index (χ3n) is 3.31. The third-order valence-corrected chi connectivity index (χ3v) is 3.31. The van der Waals surface area contributed by atoms with E-state index in [1.807, 2.05) is 6.20 Å². The van der Waals surface area contributed by atoms with Gasteiger partial charge in [0.1, 0.15) is 0 Å². The summed E-state index contributed by atoms with van der Waals surface area (Å²) in [6.07, 6.45) is 7.89. The molecule has 3 nitrogen and oxygen atoms in total. The Bertz CT molecular complexity index is 330. The highest BCUT2D eigenvalue weighted by atomic mass is 15.2. The number of imidazole rings is 1. The SMILES string of the molecule is CC(C)Cn1ccnc1NC1CCC(C)C1. The van der Waals surface area contributed by atoms with E-state index in [1.165, 1.54) is 19.3 Å². The molecule has 2 unspecified atom stereocenters. The molecule has 1 heterocycles. The summed E-state index contributed by atoms with van der Waals surface area (Å²) in [5.74, 6) is 2.58. The second-order valence-electron chi connectivity index (χ2n) is 5.56. The Morgan fingerprint density at radius 3 is 2.94 bits per heavy atom. The van der Waals surface area contributed by atoms with Crippen LogP contribution in [0.15, 0.2) is 12.4 Å². The number of anilines is 1. The molecule has 90 valence electrons. The number of hydrogen-bond donors (Lipinski definition) is 1. The smallest absolute Gasteiger partial charge is 0.202 e. The molecule has 1 N–H and O–H groups in total. The number of hydrogen-bond acceptors (Lipinski definition) is 2. The van der Waals surface area contributed by atoms with Gasteiger partial charge in [-0.1, -0.05) is 20.8 Å². The molecule has 0 spiro atoms. The second kappa shape index (κ2) is 4.89. The number of rotatable bonds is 4. The predicted octanol–water partition coefficient (Wildman–Crippen LogP) is 3.14. The average molecular weight is 221 g/mol.